The first-order valence-electron chi connectivity index (χ1n) is 10.7. The van der Waals surface area contributed by atoms with Gasteiger partial charge in [0.15, 0.2) is 0 Å². The highest BCUT2D eigenvalue weighted by Crippen LogP contribution is 2.41. The quantitative estimate of drug-likeness (QED) is 0.317. The molecule has 1 aliphatic carbocycles. The monoisotopic (exact) mass is 558 g/mol. The summed E-state index contributed by atoms with van der Waals surface area (Å²) in [6.07, 6.45) is 4.36. The van der Waals surface area contributed by atoms with E-state index in [0.29, 0.717) is 19.0 Å². The highest BCUT2D eigenvalue weighted by Gasteiger charge is 2.24. The Morgan fingerprint density at radius 1 is 1.19 bits per heavy atom. The van der Waals surface area contributed by atoms with Gasteiger partial charge in [-0.15, -0.1) is 0 Å². The molecule has 1 N–H and O–H groups in total. The topological polar surface area (TPSA) is 65.1 Å². The Morgan fingerprint density at radius 2 is 1.94 bits per heavy atom. The molecule has 2 heterocycles. The maximum Gasteiger partial charge on any atom is 0.145 e. The predicted octanol–water partition coefficient (Wildman–Crippen LogP) is 5.66. The number of halogens is 2. The van der Waals surface area contributed by atoms with Crippen LogP contribution in [0, 0.1) is 6.92 Å². The van der Waals surface area contributed by atoms with Crippen LogP contribution in [0.15, 0.2) is 45.5 Å². The lowest BCUT2D eigenvalue weighted by atomic mass is 10.1. The van der Waals surface area contributed by atoms with E-state index >= 15 is 0 Å². The van der Waals surface area contributed by atoms with Gasteiger partial charge in [0.1, 0.15) is 22.6 Å². The number of imidazole rings is 1. The van der Waals surface area contributed by atoms with Gasteiger partial charge in [0.05, 0.1) is 35.4 Å². The Balaban J connectivity index is 1.65. The molecule has 0 saturated heterocycles. The number of ether oxygens (including phenoxy) is 1. The van der Waals surface area contributed by atoms with Crippen molar-refractivity contribution in [2.75, 3.05) is 13.7 Å². The Hall–Kier alpha value is -2.16. The highest BCUT2D eigenvalue weighted by molar-refractivity contribution is 9.11. The van der Waals surface area contributed by atoms with Crippen molar-refractivity contribution >= 4 is 42.9 Å². The third-order valence-electron chi connectivity index (χ3n) is 6.12. The van der Waals surface area contributed by atoms with Gasteiger partial charge in [0.25, 0.3) is 0 Å². The van der Waals surface area contributed by atoms with Crippen LogP contribution in [-0.2, 0) is 13.1 Å². The standard InChI is InChI=1S/C24H24Br2N4O2/c1-14-19(25)12-27-30(14)13-18-11-20(32-2)23-22(21(18)26)28-24(29(23)9-10-31)17-7-5-16(6-8-17)15-3-4-15/h5-8,11-12,15,31H,3-4,9-10,13H2,1-2H3. The fraction of sp³-hybridized carbons (Fsp3) is 0.333. The van der Waals surface area contributed by atoms with Crippen LogP contribution >= 0.6 is 31.9 Å². The Morgan fingerprint density at radius 3 is 2.53 bits per heavy atom. The van der Waals surface area contributed by atoms with Crippen molar-refractivity contribution in [3.63, 3.8) is 0 Å². The second-order valence-corrected chi connectivity index (χ2v) is 9.84. The second-order valence-electron chi connectivity index (χ2n) is 8.19. The normalized spacial score (nSPS) is 13.8. The number of aliphatic hydroxyl groups is 1. The minimum absolute atomic E-state index is 0.0155. The van der Waals surface area contributed by atoms with E-state index in [1.807, 2.05) is 22.2 Å². The van der Waals surface area contributed by atoms with Crippen molar-refractivity contribution in [1.82, 2.24) is 19.3 Å². The van der Waals surface area contributed by atoms with Crippen LogP contribution in [0.4, 0.5) is 0 Å². The Labute approximate surface area is 203 Å². The molecule has 1 saturated carbocycles. The number of fused-ring (bicyclic) bond motifs is 1. The average Bonchev–Trinajstić information content (AvgIpc) is 3.52. The van der Waals surface area contributed by atoms with Crippen LogP contribution in [-0.4, -0.2) is 38.2 Å². The van der Waals surface area contributed by atoms with Gasteiger partial charge < -0.3 is 14.4 Å². The summed E-state index contributed by atoms with van der Waals surface area (Å²) in [6, 6.07) is 10.7. The third-order valence-corrected chi connectivity index (χ3v) is 7.78. The number of hydrogen-bond donors (Lipinski definition) is 1. The van der Waals surface area contributed by atoms with Crippen LogP contribution in [0.5, 0.6) is 5.75 Å². The molecule has 0 aliphatic heterocycles. The molecule has 0 amide bonds. The highest BCUT2D eigenvalue weighted by atomic mass is 79.9. The average molecular weight is 560 g/mol. The number of benzene rings is 2. The van der Waals surface area contributed by atoms with E-state index in [1.165, 1.54) is 18.4 Å². The van der Waals surface area contributed by atoms with Gasteiger partial charge >= 0.3 is 0 Å². The van der Waals surface area contributed by atoms with Gasteiger partial charge in [0, 0.05) is 17.8 Å². The van der Waals surface area contributed by atoms with Gasteiger partial charge in [-0.05, 0) is 74.7 Å². The Kier molecular flexibility index (Phi) is 5.86. The summed E-state index contributed by atoms with van der Waals surface area (Å²) in [4.78, 5) is 5.02. The summed E-state index contributed by atoms with van der Waals surface area (Å²) in [5.41, 5.74) is 6.19. The molecule has 0 bridgehead atoms. The molecule has 1 fully saturated rings. The van der Waals surface area contributed by atoms with Crippen molar-refractivity contribution in [3.05, 3.63) is 62.3 Å². The number of aromatic nitrogens is 4. The van der Waals surface area contributed by atoms with E-state index in [-0.39, 0.29) is 6.61 Å². The van der Waals surface area contributed by atoms with E-state index in [0.717, 1.165) is 48.4 Å². The number of aliphatic hydroxyl groups excluding tert-OH is 1. The fourth-order valence-corrected chi connectivity index (χ4v) is 4.98. The minimum atomic E-state index is 0.0155. The van der Waals surface area contributed by atoms with Crippen LogP contribution in [0.1, 0.15) is 35.6 Å². The zero-order chi connectivity index (χ0) is 22.4. The van der Waals surface area contributed by atoms with Crippen molar-refractivity contribution < 1.29 is 9.84 Å². The molecule has 166 valence electrons. The first-order chi connectivity index (χ1) is 15.5. The van der Waals surface area contributed by atoms with Crippen molar-refractivity contribution in [2.45, 2.75) is 38.8 Å². The lowest BCUT2D eigenvalue weighted by Crippen LogP contribution is -2.07. The van der Waals surface area contributed by atoms with Gasteiger partial charge in [0.2, 0.25) is 0 Å². The van der Waals surface area contributed by atoms with Crippen molar-refractivity contribution in [3.8, 4) is 17.1 Å². The molecule has 6 nitrogen and oxygen atoms in total. The summed E-state index contributed by atoms with van der Waals surface area (Å²) < 4.78 is 11.7. The number of methoxy groups -OCH3 is 1. The molecule has 4 aromatic rings. The van der Waals surface area contributed by atoms with Crippen LogP contribution in [0.2, 0.25) is 0 Å². The molecule has 0 radical (unpaired) electrons. The zero-order valence-electron chi connectivity index (χ0n) is 18.0. The maximum atomic E-state index is 9.79. The molecule has 1 aliphatic rings. The molecule has 0 atom stereocenters. The first-order valence-corrected chi connectivity index (χ1v) is 12.2. The summed E-state index contributed by atoms with van der Waals surface area (Å²) in [5, 5.41) is 14.3. The largest absolute Gasteiger partial charge is 0.494 e. The molecule has 2 aromatic heterocycles. The smallest absolute Gasteiger partial charge is 0.145 e. The fourth-order valence-electron chi connectivity index (χ4n) is 4.17. The lowest BCUT2D eigenvalue weighted by Gasteiger charge is -2.13. The SMILES string of the molecule is COc1cc(Cn2ncc(Br)c2C)c(Br)c2nc(-c3ccc(C4CC4)cc3)n(CCO)c12. The van der Waals surface area contributed by atoms with E-state index in [9.17, 15) is 5.11 Å². The van der Waals surface area contributed by atoms with Gasteiger partial charge in [-0.3, -0.25) is 4.68 Å². The maximum absolute atomic E-state index is 9.79. The molecule has 0 spiro atoms. The summed E-state index contributed by atoms with van der Waals surface area (Å²) in [5.74, 6) is 2.26. The summed E-state index contributed by atoms with van der Waals surface area (Å²) in [6.45, 7) is 3.06. The molecular weight excluding hydrogens is 536 g/mol. The molecule has 5 rings (SSSR count). The molecule has 8 heteroatoms. The van der Waals surface area contributed by atoms with E-state index in [2.05, 4.69) is 61.2 Å². The minimum Gasteiger partial charge on any atom is -0.494 e. The molecular formula is C24H24Br2N4O2. The predicted molar refractivity (Wildman–Crippen MR) is 132 cm³/mol. The Bertz CT molecular complexity index is 1290. The van der Waals surface area contributed by atoms with E-state index < -0.39 is 0 Å². The first kappa shape index (κ1) is 21.7. The zero-order valence-corrected chi connectivity index (χ0v) is 21.1. The number of rotatable bonds is 7. The molecule has 32 heavy (non-hydrogen) atoms. The third kappa shape index (κ3) is 3.78. The summed E-state index contributed by atoms with van der Waals surface area (Å²) >= 11 is 7.33. The molecule has 0 unspecified atom stereocenters. The number of hydrogen-bond acceptors (Lipinski definition) is 4. The van der Waals surface area contributed by atoms with Gasteiger partial charge in [-0.2, -0.15) is 5.10 Å². The van der Waals surface area contributed by atoms with Crippen LogP contribution < -0.4 is 4.74 Å². The van der Waals surface area contributed by atoms with Crippen molar-refractivity contribution in [2.24, 2.45) is 0 Å². The number of nitrogens with zero attached hydrogens (tertiary/aromatic N) is 4. The van der Waals surface area contributed by atoms with Crippen LogP contribution in [0.25, 0.3) is 22.4 Å². The van der Waals surface area contributed by atoms with Gasteiger partial charge in [-0.1, -0.05) is 24.3 Å². The van der Waals surface area contributed by atoms with E-state index in [1.54, 1.807) is 13.3 Å². The lowest BCUT2D eigenvalue weighted by molar-refractivity contribution is 0.278. The van der Waals surface area contributed by atoms with Crippen LogP contribution in [0.3, 0.4) is 0 Å². The van der Waals surface area contributed by atoms with Crippen molar-refractivity contribution in [1.29, 1.82) is 0 Å². The van der Waals surface area contributed by atoms with Gasteiger partial charge in [-0.25, -0.2) is 4.98 Å². The van der Waals surface area contributed by atoms with E-state index in [4.69, 9.17) is 9.72 Å². The molecule has 2 aromatic carbocycles. The summed E-state index contributed by atoms with van der Waals surface area (Å²) in [7, 11) is 1.67. The second kappa shape index (κ2) is 8.65.